The molecule has 0 heterocycles. The molecule has 1 N–H and O–H groups in total. The predicted octanol–water partition coefficient (Wildman–Crippen LogP) is 9.69. The summed E-state index contributed by atoms with van der Waals surface area (Å²) in [5, 5.41) is 10.3. The molecule has 0 bridgehead atoms. The number of hydrogen-bond donors (Lipinski definition) is 1. The maximum absolute atomic E-state index is 13.6. The van der Waals surface area contributed by atoms with E-state index in [0.29, 0.717) is 49.0 Å². The number of phenols is 1. The Hall–Kier alpha value is -2.23. The van der Waals surface area contributed by atoms with Gasteiger partial charge in [0.05, 0.1) is 12.0 Å². The number of hydrogen-bond acceptors (Lipinski definition) is 10. The number of phenolic OH excluding ortho intramolecular Hbond substituents is 1. The fourth-order valence-electron chi connectivity index (χ4n) is 3.63. The molecule has 0 fully saturated rings. The zero-order chi connectivity index (χ0) is 32.4. The number of rotatable bonds is 17. The highest BCUT2D eigenvalue weighted by Gasteiger charge is 2.32. The van der Waals surface area contributed by atoms with E-state index in [1.54, 1.807) is 32.0 Å². The Morgan fingerprint density at radius 2 is 1.74 bits per heavy atom. The second kappa shape index (κ2) is 16.2. The van der Waals surface area contributed by atoms with E-state index in [-0.39, 0.29) is 17.1 Å². The number of benzene rings is 2. The van der Waals surface area contributed by atoms with Gasteiger partial charge in [0.1, 0.15) is 23.0 Å². The zero-order valence-electron chi connectivity index (χ0n) is 27.3. The summed E-state index contributed by atoms with van der Waals surface area (Å²) in [6, 6.07) is 8.85. The highest BCUT2D eigenvalue weighted by Crippen LogP contribution is 2.52. The van der Waals surface area contributed by atoms with E-state index in [0.717, 1.165) is 23.1 Å². The second-order valence-corrected chi connectivity index (χ2v) is 15.2. The van der Waals surface area contributed by atoms with Crippen LogP contribution in [0.25, 0.3) is 0 Å². The van der Waals surface area contributed by atoms with Crippen LogP contribution in [-0.4, -0.2) is 30.8 Å². The number of carbonyl (C=O) groups excluding carboxylic acids is 1. The first-order valence-electron chi connectivity index (χ1n) is 14.7. The summed E-state index contributed by atoms with van der Waals surface area (Å²) in [6.07, 6.45) is 1.67. The Morgan fingerprint density at radius 1 is 1.05 bits per heavy atom. The Bertz CT molecular complexity index is 1260. The largest absolute Gasteiger partial charge is 0.508 e. The molecule has 2 aromatic rings. The van der Waals surface area contributed by atoms with Crippen molar-refractivity contribution in [3.8, 4) is 23.0 Å². The van der Waals surface area contributed by atoms with Gasteiger partial charge in [-0.25, -0.2) is 3.97 Å². The molecule has 43 heavy (non-hydrogen) atoms. The lowest BCUT2D eigenvalue weighted by atomic mass is 9.91. The molecule has 0 saturated heterocycles. The number of aromatic hydroxyl groups is 1. The first kappa shape index (κ1) is 37.0. The first-order chi connectivity index (χ1) is 20.0. The highest BCUT2D eigenvalue weighted by atomic mass is 32.2. The van der Waals surface area contributed by atoms with Crippen molar-refractivity contribution in [2.24, 2.45) is 10.8 Å². The van der Waals surface area contributed by atoms with Crippen LogP contribution in [0.3, 0.4) is 0 Å². The smallest absolute Gasteiger partial charge is 0.383 e. The van der Waals surface area contributed by atoms with Crippen LogP contribution in [-0.2, 0) is 33.2 Å². The number of carbonyl (C=O) groups is 1. The van der Waals surface area contributed by atoms with E-state index in [1.165, 1.54) is 0 Å². The summed E-state index contributed by atoms with van der Waals surface area (Å²) in [6.45, 7) is 19.2. The molecule has 0 aliphatic carbocycles. The van der Waals surface area contributed by atoms with Crippen molar-refractivity contribution in [1.29, 1.82) is 0 Å². The molecule has 242 valence electrons. The molecule has 0 radical (unpaired) electrons. The third-order valence-electron chi connectivity index (χ3n) is 7.02. The molecule has 0 aliphatic rings. The van der Waals surface area contributed by atoms with E-state index in [4.69, 9.17) is 26.9 Å². The Morgan fingerprint density at radius 3 is 2.35 bits per heavy atom. The standard InChI is InChI=1S/C32H49O9PS/c1-11-22(4)27-18-25(14-15-28(27)33)40-29-23(5)16-26(17-24(29)12-2)37-21-42(35,41-43-39-19-31(6,7)8)38-20-36-30(34)32(9,10)13-3/h14-18,22,33H,11-13,19-21H2,1-10H3. The minimum absolute atomic E-state index is 0.132. The summed E-state index contributed by atoms with van der Waals surface area (Å²) in [4.78, 5) is 12.4. The van der Waals surface area contributed by atoms with E-state index in [2.05, 4.69) is 13.8 Å². The summed E-state index contributed by atoms with van der Waals surface area (Å²) >= 11 is 0.565. The lowest BCUT2D eigenvalue weighted by Crippen LogP contribution is -2.26. The van der Waals surface area contributed by atoms with Crippen molar-refractivity contribution in [2.75, 3.05) is 19.7 Å². The van der Waals surface area contributed by atoms with Gasteiger partial charge in [-0.05, 0) is 92.8 Å². The summed E-state index contributed by atoms with van der Waals surface area (Å²) in [7, 11) is -3.93. The molecule has 2 atom stereocenters. The maximum atomic E-state index is 13.6. The van der Waals surface area contributed by atoms with E-state index < -0.39 is 32.1 Å². The van der Waals surface area contributed by atoms with Gasteiger partial charge in [0.25, 0.3) is 0 Å². The van der Waals surface area contributed by atoms with E-state index in [1.807, 2.05) is 53.7 Å². The Balaban J connectivity index is 2.20. The van der Waals surface area contributed by atoms with Gasteiger partial charge < -0.3 is 19.3 Å². The number of aryl methyl sites for hydroxylation is 2. The quantitative estimate of drug-likeness (QED) is 0.0590. The van der Waals surface area contributed by atoms with Crippen molar-refractivity contribution < 1.29 is 41.4 Å². The molecule has 0 aromatic heterocycles. The molecule has 2 rings (SSSR count). The molecule has 0 spiro atoms. The van der Waals surface area contributed by atoms with Gasteiger partial charge in [-0.15, -0.1) is 0 Å². The molecule has 0 aliphatic heterocycles. The minimum atomic E-state index is -3.93. The molecule has 0 saturated carbocycles. The molecule has 11 heteroatoms. The van der Waals surface area contributed by atoms with Crippen molar-refractivity contribution in [2.45, 2.75) is 94.4 Å². The maximum Gasteiger partial charge on any atom is 0.383 e. The van der Waals surface area contributed by atoms with Crippen LogP contribution in [0.4, 0.5) is 0 Å². The second-order valence-electron chi connectivity index (χ2n) is 12.5. The first-order valence-corrected chi connectivity index (χ1v) is 17.1. The van der Waals surface area contributed by atoms with Gasteiger partial charge in [-0.2, -0.15) is 0 Å². The normalized spacial score (nSPS) is 14.2. The van der Waals surface area contributed by atoms with Crippen LogP contribution in [0.15, 0.2) is 30.3 Å². The monoisotopic (exact) mass is 640 g/mol. The average Bonchev–Trinajstić information content (AvgIpc) is 2.95. The third kappa shape index (κ3) is 11.7. The average molecular weight is 641 g/mol. The molecule has 2 aromatic carbocycles. The van der Waals surface area contributed by atoms with Crippen LogP contribution in [0.1, 0.15) is 97.8 Å². The van der Waals surface area contributed by atoms with Gasteiger partial charge in [-0.3, -0.25) is 18.1 Å². The lowest BCUT2D eigenvalue weighted by molar-refractivity contribution is -0.161. The van der Waals surface area contributed by atoms with Crippen LogP contribution in [0.2, 0.25) is 0 Å². The van der Waals surface area contributed by atoms with Crippen molar-refractivity contribution >= 4 is 25.9 Å². The van der Waals surface area contributed by atoms with Crippen LogP contribution >= 0.6 is 19.9 Å². The van der Waals surface area contributed by atoms with Crippen molar-refractivity contribution in [3.05, 3.63) is 47.0 Å². The van der Waals surface area contributed by atoms with Gasteiger partial charge in [0.15, 0.2) is 18.7 Å². The van der Waals surface area contributed by atoms with Crippen LogP contribution in [0.5, 0.6) is 23.0 Å². The molecule has 2 unspecified atom stereocenters. The molecule has 9 nitrogen and oxygen atoms in total. The molecule has 0 amide bonds. The van der Waals surface area contributed by atoms with Crippen molar-refractivity contribution in [3.63, 3.8) is 0 Å². The third-order valence-corrected chi connectivity index (χ3v) is 9.33. The van der Waals surface area contributed by atoms with Gasteiger partial charge in [0, 0.05) is 5.56 Å². The number of ether oxygens (including phenoxy) is 3. The molecular weight excluding hydrogens is 591 g/mol. The van der Waals surface area contributed by atoms with Gasteiger partial charge in [-0.1, -0.05) is 48.5 Å². The van der Waals surface area contributed by atoms with E-state index >= 15 is 0 Å². The summed E-state index contributed by atoms with van der Waals surface area (Å²) < 4.78 is 47.4. The molecular formula is C32H49O9PS. The Kier molecular flexibility index (Phi) is 13.9. The number of esters is 1. The minimum Gasteiger partial charge on any atom is -0.508 e. The predicted molar refractivity (Wildman–Crippen MR) is 171 cm³/mol. The van der Waals surface area contributed by atoms with Crippen LogP contribution < -0.4 is 9.47 Å². The zero-order valence-corrected chi connectivity index (χ0v) is 29.0. The summed E-state index contributed by atoms with van der Waals surface area (Å²) in [5.74, 6) is 1.72. The topological polar surface area (TPSA) is 110 Å². The fraction of sp³-hybridized carbons (Fsp3) is 0.594. The highest BCUT2D eigenvalue weighted by molar-refractivity contribution is 7.94. The van der Waals surface area contributed by atoms with Crippen molar-refractivity contribution in [1.82, 2.24) is 0 Å². The Labute approximate surface area is 261 Å². The van der Waals surface area contributed by atoms with Gasteiger partial charge >= 0.3 is 13.6 Å². The van der Waals surface area contributed by atoms with Gasteiger partial charge in [0.2, 0.25) is 6.79 Å². The fourth-order valence-corrected chi connectivity index (χ4v) is 5.52. The SMILES string of the molecule is CCc1cc(OCP(=O)(OCOC(=O)C(C)(C)CC)OSOCC(C)(C)C)cc(C)c1Oc1ccc(O)c(C(C)CC)c1. The van der Waals surface area contributed by atoms with Crippen LogP contribution in [0, 0.1) is 17.8 Å². The lowest BCUT2D eigenvalue weighted by Gasteiger charge is -2.23. The summed E-state index contributed by atoms with van der Waals surface area (Å²) in [5.41, 5.74) is 1.68. The van der Waals surface area contributed by atoms with E-state index in [9.17, 15) is 14.5 Å².